The average molecular weight is 296 g/mol. The van der Waals surface area contributed by atoms with E-state index in [-0.39, 0.29) is 11.8 Å². The van der Waals surface area contributed by atoms with Crippen molar-refractivity contribution < 1.29 is 9.90 Å². The second kappa shape index (κ2) is 6.62. The predicted octanol–water partition coefficient (Wildman–Crippen LogP) is 3.53. The summed E-state index contributed by atoms with van der Waals surface area (Å²) in [6.45, 7) is 0. The fourth-order valence-corrected chi connectivity index (χ4v) is 2.81. The summed E-state index contributed by atoms with van der Waals surface area (Å²) < 4.78 is 0. The molecular weight excluding hydrogens is 276 g/mol. The van der Waals surface area contributed by atoms with Crippen molar-refractivity contribution in [2.75, 3.05) is 10.6 Å². The van der Waals surface area contributed by atoms with E-state index in [1.165, 1.54) is 0 Å². The molecule has 1 aliphatic rings. The van der Waals surface area contributed by atoms with Crippen LogP contribution in [0.1, 0.15) is 19.3 Å². The molecule has 3 N–H and O–H groups in total. The molecule has 1 aliphatic carbocycles. The molecule has 1 fully saturated rings. The highest BCUT2D eigenvalue weighted by Gasteiger charge is 2.31. The number of aliphatic hydroxyl groups is 1. The highest BCUT2D eigenvalue weighted by atomic mass is 16.3. The van der Waals surface area contributed by atoms with Gasteiger partial charge < -0.3 is 15.7 Å². The molecule has 22 heavy (non-hydrogen) atoms. The van der Waals surface area contributed by atoms with Crippen molar-refractivity contribution in [2.45, 2.75) is 25.4 Å². The van der Waals surface area contributed by atoms with Gasteiger partial charge in [0.15, 0.2) is 0 Å². The number of para-hydroxylation sites is 1. The number of rotatable bonds is 4. The largest absolute Gasteiger partial charge is 0.392 e. The highest BCUT2D eigenvalue weighted by molar-refractivity contribution is 5.93. The Labute approximate surface area is 130 Å². The highest BCUT2D eigenvalue weighted by Crippen LogP contribution is 2.27. The minimum Gasteiger partial charge on any atom is -0.392 e. The lowest BCUT2D eigenvalue weighted by atomic mass is 10.1. The van der Waals surface area contributed by atoms with E-state index in [9.17, 15) is 9.90 Å². The third-order valence-corrected chi connectivity index (χ3v) is 4.03. The van der Waals surface area contributed by atoms with E-state index in [0.29, 0.717) is 0 Å². The van der Waals surface area contributed by atoms with Crippen LogP contribution in [0.15, 0.2) is 54.6 Å². The van der Waals surface area contributed by atoms with E-state index >= 15 is 0 Å². The Balaban J connectivity index is 1.61. The van der Waals surface area contributed by atoms with Crippen LogP contribution in [0.2, 0.25) is 0 Å². The topological polar surface area (TPSA) is 61.4 Å². The van der Waals surface area contributed by atoms with Crippen molar-refractivity contribution in [3.8, 4) is 0 Å². The van der Waals surface area contributed by atoms with Gasteiger partial charge in [-0.15, -0.1) is 0 Å². The number of hydrogen-bond acceptors (Lipinski definition) is 3. The predicted molar refractivity (Wildman–Crippen MR) is 88.1 cm³/mol. The first-order chi connectivity index (χ1) is 10.7. The van der Waals surface area contributed by atoms with Gasteiger partial charge in [-0.05, 0) is 55.7 Å². The number of carbonyl (C=O) groups is 1. The van der Waals surface area contributed by atoms with Gasteiger partial charge in [-0.25, -0.2) is 0 Å². The molecule has 0 aromatic heterocycles. The maximum atomic E-state index is 12.1. The fourth-order valence-electron chi connectivity index (χ4n) is 2.81. The van der Waals surface area contributed by atoms with E-state index in [1.807, 2.05) is 54.6 Å². The first-order valence-corrected chi connectivity index (χ1v) is 7.63. The maximum Gasteiger partial charge on any atom is 0.230 e. The van der Waals surface area contributed by atoms with Gasteiger partial charge in [0.05, 0.1) is 12.0 Å². The minimum absolute atomic E-state index is 0.0891. The quantitative estimate of drug-likeness (QED) is 0.809. The summed E-state index contributed by atoms with van der Waals surface area (Å²) in [7, 11) is 0. The molecule has 2 unspecified atom stereocenters. The van der Waals surface area contributed by atoms with Crippen molar-refractivity contribution in [1.29, 1.82) is 0 Å². The molecule has 0 radical (unpaired) electrons. The Morgan fingerprint density at radius 3 is 2.18 bits per heavy atom. The average Bonchev–Trinajstić information content (AvgIpc) is 2.96. The van der Waals surface area contributed by atoms with Gasteiger partial charge in [0, 0.05) is 17.1 Å². The molecule has 4 heteroatoms. The van der Waals surface area contributed by atoms with Crippen molar-refractivity contribution in [3.05, 3.63) is 54.6 Å². The van der Waals surface area contributed by atoms with Crippen LogP contribution in [0.3, 0.4) is 0 Å². The van der Waals surface area contributed by atoms with Gasteiger partial charge in [0.2, 0.25) is 5.91 Å². The zero-order valence-corrected chi connectivity index (χ0v) is 12.3. The first-order valence-electron chi connectivity index (χ1n) is 7.63. The Morgan fingerprint density at radius 1 is 0.909 bits per heavy atom. The summed E-state index contributed by atoms with van der Waals surface area (Å²) in [5.41, 5.74) is 2.74. The zero-order valence-electron chi connectivity index (χ0n) is 12.3. The molecule has 2 atom stereocenters. The zero-order chi connectivity index (χ0) is 15.4. The second-order valence-electron chi connectivity index (χ2n) is 5.66. The molecule has 114 valence electrons. The first kappa shape index (κ1) is 14.6. The molecular formula is C18H20N2O2. The number of amides is 1. The number of aliphatic hydroxyl groups excluding tert-OH is 1. The molecule has 0 spiro atoms. The minimum atomic E-state index is -0.501. The van der Waals surface area contributed by atoms with E-state index in [2.05, 4.69) is 10.6 Å². The van der Waals surface area contributed by atoms with Crippen molar-refractivity contribution in [3.63, 3.8) is 0 Å². The lowest BCUT2D eigenvalue weighted by Gasteiger charge is -2.14. The number of carbonyl (C=O) groups excluding carboxylic acids is 1. The summed E-state index contributed by atoms with van der Waals surface area (Å²) in [4.78, 5) is 12.1. The normalized spacial score (nSPS) is 20.6. The van der Waals surface area contributed by atoms with Crippen LogP contribution in [-0.2, 0) is 4.79 Å². The monoisotopic (exact) mass is 296 g/mol. The van der Waals surface area contributed by atoms with E-state index in [0.717, 1.165) is 36.3 Å². The van der Waals surface area contributed by atoms with E-state index < -0.39 is 6.10 Å². The lowest BCUT2D eigenvalue weighted by molar-refractivity contribution is -0.122. The Morgan fingerprint density at radius 2 is 1.55 bits per heavy atom. The smallest absolute Gasteiger partial charge is 0.230 e. The molecule has 0 saturated heterocycles. The van der Waals surface area contributed by atoms with Crippen molar-refractivity contribution >= 4 is 23.0 Å². The number of benzene rings is 2. The number of nitrogens with one attached hydrogen (secondary N) is 2. The molecule has 4 nitrogen and oxygen atoms in total. The third kappa shape index (κ3) is 3.46. The molecule has 0 heterocycles. The molecule has 0 aliphatic heterocycles. The summed E-state index contributed by atoms with van der Waals surface area (Å²) in [5, 5.41) is 15.9. The standard InChI is InChI=1S/C18H20N2O2/c21-17-8-4-7-16(17)18(22)20-15-11-9-14(10-12-15)19-13-5-2-1-3-6-13/h1-3,5-6,9-12,16-17,19,21H,4,7-8H2,(H,20,22). The van der Waals surface area contributed by atoms with Crippen LogP contribution in [0, 0.1) is 5.92 Å². The maximum absolute atomic E-state index is 12.1. The lowest BCUT2D eigenvalue weighted by Crippen LogP contribution is -2.28. The fraction of sp³-hybridized carbons (Fsp3) is 0.278. The third-order valence-electron chi connectivity index (χ3n) is 4.03. The van der Waals surface area contributed by atoms with Crippen LogP contribution < -0.4 is 10.6 Å². The van der Waals surface area contributed by atoms with Crippen molar-refractivity contribution in [2.24, 2.45) is 5.92 Å². The second-order valence-corrected chi connectivity index (χ2v) is 5.66. The number of hydrogen-bond donors (Lipinski definition) is 3. The van der Waals surface area contributed by atoms with Crippen molar-refractivity contribution in [1.82, 2.24) is 0 Å². The van der Waals surface area contributed by atoms with Crippen LogP contribution in [0.25, 0.3) is 0 Å². The SMILES string of the molecule is O=C(Nc1ccc(Nc2ccccc2)cc1)C1CCCC1O. The van der Waals surface area contributed by atoms with Gasteiger partial charge in [-0.2, -0.15) is 0 Å². The Kier molecular flexibility index (Phi) is 4.39. The van der Waals surface area contributed by atoms with Gasteiger partial charge in [-0.1, -0.05) is 18.2 Å². The van der Waals surface area contributed by atoms with Crippen LogP contribution in [-0.4, -0.2) is 17.1 Å². The van der Waals surface area contributed by atoms with Crippen LogP contribution in [0.5, 0.6) is 0 Å². The molecule has 3 rings (SSSR count). The van der Waals surface area contributed by atoms with Gasteiger partial charge in [-0.3, -0.25) is 4.79 Å². The van der Waals surface area contributed by atoms with Gasteiger partial charge in [0.1, 0.15) is 0 Å². The summed E-state index contributed by atoms with van der Waals surface area (Å²) in [6.07, 6.45) is 1.90. The summed E-state index contributed by atoms with van der Waals surface area (Å²) in [5.74, 6) is -0.365. The summed E-state index contributed by atoms with van der Waals surface area (Å²) >= 11 is 0. The molecule has 1 saturated carbocycles. The molecule has 2 aromatic rings. The van der Waals surface area contributed by atoms with Gasteiger partial charge in [0.25, 0.3) is 0 Å². The summed E-state index contributed by atoms with van der Waals surface area (Å²) in [6, 6.07) is 17.5. The molecule has 2 aromatic carbocycles. The van der Waals surface area contributed by atoms with E-state index in [4.69, 9.17) is 0 Å². The van der Waals surface area contributed by atoms with Gasteiger partial charge >= 0.3 is 0 Å². The Bertz CT molecular complexity index is 625. The van der Waals surface area contributed by atoms with Crippen LogP contribution in [0.4, 0.5) is 17.1 Å². The number of anilines is 3. The Hall–Kier alpha value is -2.33. The molecule has 0 bridgehead atoms. The van der Waals surface area contributed by atoms with E-state index in [1.54, 1.807) is 0 Å². The van der Waals surface area contributed by atoms with Crippen LogP contribution >= 0.6 is 0 Å². The molecule has 1 amide bonds.